The van der Waals surface area contributed by atoms with Crippen molar-refractivity contribution < 1.29 is 9.21 Å². The van der Waals surface area contributed by atoms with Crippen LogP contribution in [0.5, 0.6) is 0 Å². The smallest absolute Gasteiger partial charge is 0.293 e. The predicted molar refractivity (Wildman–Crippen MR) is 71.4 cm³/mol. The normalized spacial score (nSPS) is 19.3. The van der Waals surface area contributed by atoms with E-state index in [0.717, 1.165) is 30.9 Å². The molecule has 0 bridgehead atoms. The fraction of sp³-hybridized carbons (Fsp3) is 0.417. The minimum Gasteiger partial charge on any atom is -0.459 e. The van der Waals surface area contributed by atoms with Crippen molar-refractivity contribution in [1.29, 1.82) is 0 Å². The Balaban J connectivity index is 1.66. The van der Waals surface area contributed by atoms with E-state index in [-0.39, 0.29) is 11.7 Å². The molecule has 0 radical (unpaired) electrons. The second-order valence-corrected chi connectivity index (χ2v) is 5.43. The molecule has 100 valence electrons. The number of nitrogens with one attached hydrogen (secondary N) is 2. The summed E-state index contributed by atoms with van der Waals surface area (Å²) in [5.74, 6) is 0.381. The highest BCUT2D eigenvalue weighted by Gasteiger charge is 2.20. The molecule has 0 spiro atoms. The Labute approximate surface area is 114 Å². The molecule has 1 aliphatic rings. The third-order valence-electron chi connectivity index (χ3n) is 3.05. The summed E-state index contributed by atoms with van der Waals surface area (Å²) in [4.78, 5) is 11.8. The van der Waals surface area contributed by atoms with Crippen molar-refractivity contribution in [3.8, 4) is 0 Å². The standard InChI is InChI=1S/C12H14N4O2S/c17-10(9-4-2-6-18-9)14-12-16-15-11(19-12)8-3-1-5-13-7-8/h2,4,6,8,13H,1,3,5,7H2,(H,14,16,17). The SMILES string of the molecule is O=C(Nc1nnc(C2CCCNC2)s1)c1ccco1. The monoisotopic (exact) mass is 278 g/mol. The molecule has 2 aromatic heterocycles. The first-order valence-corrected chi connectivity index (χ1v) is 7.03. The third-order valence-corrected chi connectivity index (χ3v) is 4.05. The summed E-state index contributed by atoms with van der Waals surface area (Å²) in [6.07, 6.45) is 3.74. The van der Waals surface area contributed by atoms with Gasteiger partial charge in [0.05, 0.1) is 6.26 Å². The predicted octanol–water partition coefficient (Wildman–Crippen LogP) is 1.85. The molecule has 6 nitrogen and oxygen atoms in total. The number of anilines is 1. The molecule has 1 fully saturated rings. The van der Waals surface area contributed by atoms with E-state index < -0.39 is 0 Å². The first-order valence-electron chi connectivity index (χ1n) is 6.22. The molecule has 1 aliphatic heterocycles. The highest BCUT2D eigenvalue weighted by molar-refractivity contribution is 7.15. The number of furan rings is 1. The molecule has 2 aromatic rings. The van der Waals surface area contributed by atoms with Gasteiger partial charge < -0.3 is 9.73 Å². The molecule has 0 aliphatic carbocycles. The lowest BCUT2D eigenvalue weighted by atomic mass is 10.0. The molecule has 3 rings (SSSR count). The largest absolute Gasteiger partial charge is 0.459 e. The van der Waals surface area contributed by atoms with E-state index in [1.54, 1.807) is 12.1 Å². The van der Waals surface area contributed by atoms with Crippen LogP contribution >= 0.6 is 11.3 Å². The second kappa shape index (κ2) is 5.50. The molecule has 0 saturated carbocycles. The van der Waals surface area contributed by atoms with Crippen LogP contribution in [0.25, 0.3) is 0 Å². The van der Waals surface area contributed by atoms with E-state index in [9.17, 15) is 4.79 Å². The van der Waals surface area contributed by atoms with Gasteiger partial charge in [0, 0.05) is 12.5 Å². The molecule has 7 heteroatoms. The van der Waals surface area contributed by atoms with Crippen LogP contribution in [0.4, 0.5) is 5.13 Å². The zero-order valence-corrected chi connectivity index (χ0v) is 11.1. The van der Waals surface area contributed by atoms with Gasteiger partial charge in [0.15, 0.2) is 5.76 Å². The number of carbonyl (C=O) groups excluding carboxylic acids is 1. The lowest BCUT2D eigenvalue weighted by Crippen LogP contribution is -2.28. The summed E-state index contributed by atoms with van der Waals surface area (Å²) in [5, 5.41) is 15.7. The summed E-state index contributed by atoms with van der Waals surface area (Å²) in [7, 11) is 0. The fourth-order valence-electron chi connectivity index (χ4n) is 2.08. The zero-order chi connectivity index (χ0) is 13.1. The van der Waals surface area contributed by atoms with Crippen molar-refractivity contribution in [2.75, 3.05) is 18.4 Å². The van der Waals surface area contributed by atoms with Crippen LogP contribution in [0.2, 0.25) is 0 Å². The van der Waals surface area contributed by atoms with Crippen LogP contribution in [0, 0.1) is 0 Å². The molecule has 1 amide bonds. The summed E-state index contributed by atoms with van der Waals surface area (Å²) in [6.45, 7) is 2.00. The highest BCUT2D eigenvalue weighted by Crippen LogP contribution is 2.28. The van der Waals surface area contributed by atoms with Crippen molar-refractivity contribution >= 4 is 22.4 Å². The Hall–Kier alpha value is -1.73. The Bertz CT molecular complexity index is 546. The molecular weight excluding hydrogens is 264 g/mol. The highest BCUT2D eigenvalue weighted by atomic mass is 32.1. The Morgan fingerprint density at radius 2 is 2.47 bits per heavy atom. The Morgan fingerprint density at radius 1 is 1.53 bits per heavy atom. The van der Waals surface area contributed by atoms with Gasteiger partial charge in [-0.2, -0.15) is 0 Å². The third kappa shape index (κ3) is 2.82. The summed E-state index contributed by atoms with van der Waals surface area (Å²) in [6, 6.07) is 3.29. The Kier molecular flexibility index (Phi) is 3.56. The quantitative estimate of drug-likeness (QED) is 0.895. The van der Waals surface area contributed by atoms with Gasteiger partial charge in [-0.1, -0.05) is 11.3 Å². The van der Waals surface area contributed by atoms with Crippen LogP contribution in [-0.4, -0.2) is 29.2 Å². The van der Waals surface area contributed by atoms with Crippen molar-refractivity contribution in [3.05, 3.63) is 29.2 Å². The Morgan fingerprint density at radius 3 is 3.21 bits per heavy atom. The van der Waals surface area contributed by atoms with Crippen molar-refractivity contribution in [2.45, 2.75) is 18.8 Å². The number of nitrogens with zero attached hydrogens (tertiary/aromatic N) is 2. The van der Waals surface area contributed by atoms with Gasteiger partial charge in [-0.3, -0.25) is 10.1 Å². The topological polar surface area (TPSA) is 80.0 Å². The van der Waals surface area contributed by atoms with Gasteiger partial charge in [-0.05, 0) is 31.5 Å². The molecule has 1 atom stereocenters. The van der Waals surface area contributed by atoms with Crippen molar-refractivity contribution in [2.24, 2.45) is 0 Å². The lowest BCUT2D eigenvalue weighted by Gasteiger charge is -2.19. The fourth-order valence-corrected chi connectivity index (χ4v) is 2.95. The molecule has 0 aromatic carbocycles. The first-order chi connectivity index (χ1) is 9.33. The summed E-state index contributed by atoms with van der Waals surface area (Å²) in [5.41, 5.74) is 0. The van der Waals surface area contributed by atoms with E-state index in [1.807, 2.05) is 0 Å². The van der Waals surface area contributed by atoms with Gasteiger partial charge in [-0.25, -0.2) is 0 Å². The molecule has 19 heavy (non-hydrogen) atoms. The molecule has 1 unspecified atom stereocenters. The van der Waals surface area contributed by atoms with Gasteiger partial charge in [0.1, 0.15) is 5.01 Å². The molecule has 1 saturated heterocycles. The van der Waals surface area contributed by atoms with E-state index >= 15 is 0 Å². The van der Waals surface area contributed by atoms with Gasteiger partial charge in [-0.15, -0.1) is 10.2 Å². The number of rotatable bonds is 3. The number of amides is 1. The van der Waals surface area contributed by atoms with Crippen LogP contribution in [0.3, 0.4) is 0 Å². The van der Waals surface area contributed by atoms with Crippen LogP contribution in [0.15, 0.2) is 22.8 Å². The number of hydrogen-bond acceptors (Lipinski definition) is 6. The zero-order valence-electron chi connectivity index (χ0n) is 10.3. The molecule has 3 heterocycles. The number of carbonyl (C=O) groups is 1. The lowest BCUT2D eigenvalue weighted by molar-refractivity contribution is 0.0996. The van der Waals surface area contributed by atoms with Crippen molar-refractivity contribution in [1.82, 2.24) is 15.5 Å². The van der Waals surface area contributed by atoms with Crippen LogP contribution in [0.1, 0.15) is 34.3 Å². The average Bonchev–Trinajstić information content (AvgIpc) is 3.11. The first kappa shape index (κ1) is 12.3. The van der Waals surface area contributed by atoms with Gasteiger partial charge in [0.2, 0.25) is 5.13 Å². The molecule has 2 N–H and O–H groups in total. The molecular formula is C12H14N4O2S. The van der Waals surface area contributed by atoms with Crippen molar-refractivity contribution in [3.63, 3.8) is 0 Å². The number of hydrogen-bond donors (Lipinski definition) is 2. The average molecular weight is 278 g/mol. The maximum Gasteiger partial charge on any atom is 0.293 e. The van der Waals surface area contributed by atoms with Crippen LogP contribution in [-0.2, 0) is 0 Å². The van der Waals surface area contributed by atoms with E-state index in [2.05, 4.69) is 20.8 Å². The second-order valence-electron chi connectivity index (χ2n) is 4.42. The summed E-state index contributed by atoms with van der Waals surface area (Å²) < 4.78 is 5.03. The van der Waals surface area contributed by atoms with Crippen LogP contribution < -0.4 is 10.6 Å². The summed E-state index contributed by atoms with van der Waals surface area (Å²) >= 11 is 1.43. The van der Waals surface area contributed by atoms with E-state index in [4.69, 9.17) is 4.42 Å². The van der Waals surface area contributed by atoms with Gasteiger partial charge in [0.25, 0.3) is 5.91 Å². The maximum absolute atomic E-state index is 11.8. The van der Waals surface area contributed by atoms with Gasteiger partial charge >= 0.3 is 0 Å². The minimum atomic E-state index is -0.297. The number of piperidine rings is 1. The van der Waals surface area contributed by atoms with E-state index in [0.29, 0.717) is 11.0 Å². The minimum absolute atomic E-state index is 0.274. The maximum atomic E-state index is 11.8. The number of aromatic nitrogens is 2. The van der Waals surface area contributed by atoms with E-state index in [1.165, 1.54) is 17.6 Å².